The molecule has 2 saturated heterocycles. The van der Waals surface area contributed by atoms with Crippen molar-refractivity contribution in [1.82, 2.24) is 24.6 Å². The zero-order valence-corrected chi connectivity index (χ0v) is 18.8. The molecule has 33 heavy (non-hydrogen) atoms. The smallest absolute Gasteiger partial charge is 0.411 e. The van der Waals surface area contributed by atoms with Crippen molar-refractivity contribution in [1.29, 1.82) is 0 Å². The number of carbonyl (C=O) groups excluding carboxylic acids is 2. The molecular formula is C25H27N5O3. The molecule has 0 aliphatic carbocycles. The third-order valence-electron chi connectivity index (χ3n) is 7.24. The third kappa shape index (κ3) is 3.37. The Kier molecular flexibility index (Phi) is 5.15. The normalized spacial score (nSPS) is 21.9. The largest absolute Gasteiger partial charge is 0.440 e. The summed E-state index contributed by atoms with van der Waals surface area (Å²) in [5.41, 5.74) is 1.03. The van der Waals surface area contributed by atoms with E-state index < -0.39 is 11.1 Å². The van der Waals surface area contributed by atoms with Crippen molar-refractivity contribution >= 4 is 12.0 Å². The molecule has 3 aromatic rings. The summed E-state index contributed by atoms with van der Waals surface area (Å²) in [6.45, 7) is 3.49. The van der Waals surface area contributed by atoms with E-state index in [2.05, 4.69) is 17.0 Å². The molecule has 170 valence electrons. The summed E-state index contributed by atoms with van der Waals surface area (Å²) in [6.07, 6.45) is 5.91. The van der Waals surface area contributed by atoms with Gasteiger partial charge in [0.15, 0.2) is 0 Å². The molecule has 1 atom stereocenters. The van der Waals surface area contributed by atoms with Crippen LogP contribution in [0.1, 0.15) is 41.4 Å². The number of likely N-dealkylation sites (tertiary alicyclic amines) is 1. The number of ether oxygens (including phenoxy) is 1. The molecular weight excluding hydrogens is 418 g/mol. The molecule has 0 N–H and O–H groups in total. The first-order valence-electron chi connectivity index (χ1n) is 11.2. The van der Waals surface area contributed by atoms with Gasteiger partial charge in [0.05, 0.1) is 6.54 Å². The van der Waals surface area contributed by atoms with Gasteiger partial charge in [0.2, 0.25) is 0 Å². The first-order chi connectivity index (χ1) is 15.9. The lowest BCUT2D eigenvalue weighted by atomic mass is 9.70. The second-order valence-electron chi connectivity index (χ2n) is 8.88. The highest BCUT2D eigenvalue weighted by Crippen LogP contribution is 2.52. The second kappa shape index (κ2) is 8.03. The van der Waals surface area contributed by atoms with Gasteiger partial charge in [-0.15, -0.1) is 0 Å². The van der Waals surface area contributed by atoms with Crippen LogP contribution in [0.5, 0.6) is 0 Å². The fraction of sp³-hybridized carbons (Fsp3) is 0.360. The molecule has 2 aliphatic heterocycles. The van der Waals surface area contributed by atoms with Crippen LogP contribution in [0.25, 0.3) is 0 Å². The zero-order valence-electron chi connectivity index (χ0n) is 18.8. The Bertz CT molecular complexity index is 1160. The number of pyridine rings is 1. The first-order valence-corrected chi connectivity index (χ1v) is 11.2. The summed E-state index contributed by atoms with van der Waals surface area (Å²) in [5, 5.41) is 4.11. The number of hydrogen-bond acceptors (Lipinski definition) is 5. The Morgan fingerprint density at radius 1 is 1.06 bits per heavy atom. The van der Waals surface area contributed by atoms with Gasteiger partial charge in [-0.05, 0) is 30.2 Å². The Morgan fingerprint density at radius 3 is 2.45 bits per heavy atom. The minimum Gasteiger partial charge on any atom is -0.440 e. The van der Waals surface area contributed by atoms with Gasteiger partial charge in [0.1, 0.15) is 16.8 Å². The summed E-state index contributed by atoms with van der Waals surface area (Å²) in [7, 11) is 1.76. The third-order valence-corrected chi connectivity index (χ3v) is 7.24. The molecule has 0 radical (unpaired) electrons. The molecule has 0 saturated carbocycles. The van der Waals surface area contributed by atoms with E-state index in [9.17, 15) is 9.59 Å². The fourth-order valence-electron chi connectivity index (χ4n) is 5.21. The highest BCUT2D eigenvalue weighted by Gasteiger charge is 2.64. The van der Waals surface area contributed by atoms with Gasteiger partial charge < -0.3 is 9.64 Å². The lowest BCUT2D eigenvalue weighted by Crippen LogP contribution is -2.59. The van der Waals surface area contributed by atoms with Crippen LogP contribution < -0.4 is 0 Å². The van der Waals surface area contributed by atoms with Crippen molar-refractivity contribution < 1.29 is 14.3 Å². The minimum absolute atomic E-state index is 0.0570. The van der Waals surface area contributed by atoms with Crippen molar-refractivity contribution in [2.45, 2.75) is 37.5 Å². The maximum Gasteiger partial charge on any atom is 0.411 e. The number of amides is 2. The molecule has 5 rings (SSSR count). The van der Waals surface area contributed by atoms with Crippen molar-refractivity contribution in [3.63, 3.8) is 0 Å². The van der Waals surface area contributed by atoms with Gasteiger partial charge in [-0.25, -0.2) is 4.79 Å². The van der Waals surface area contributed by atoms with E-state index in [1.165, 1.54) is 0 Å². The molecule has 8 heteroatoms. The van der Waals surface area contributed by atoms with E-state index in [4.69, 9.17) is 4.74 Å². The van der Waals surface area contributed by atoms with E-state index >= 15 is 0 Å². The molecule has 2 amide bonds. The maximum atomic E-state index is 13.3. The van der Waals surface area contributed by atoms with E-state index in [0.717, 1.165) is 11.1 Å². The van der Waals surface area contributed by atoms with Gasteiger partial charge >= 0.3 is 6.09 Å². The van der Waals surface area contributed by atoms with Crippen molar-refractivity contribution in [3.05, 3.63) is 83.9 Å². The van der Waals surface area contributed by atoms with E-state index in [1.807, 2.05) is 58.5 Å². The van der Waals surface area contributed by atoms with E-state index in [1.54, 1.807) is 30.2 Å². The van der Waals surface area contributed by atoms with Crippen LogP contribution in [-0.4, -0.2) is 55.3 Å². The summed E-state index contributed by atoms with van der Waals surface area (Å²) >= 11 is 0. The second-order valence-corrected chi connectivity index (χ2v) is 8.88. The minimum atomic E-state index is -0.759. The Balaban J connectivity index is 1.47. The fourth-order valence-corrected chi connectivity index (χ4v) is 5.21. The van der Waals surface area contributed by atoms with Crippen molar-refractivity contribution in [2.24, 2.45) is 7.05 Å². The van der Waals surface area contributed by atoms with Gasteiger partial charge in [-0.1, -0.05) is 36.4 Å². The number of rotatable bonds is 4. The molecule has 2 fully saturated rings. The van der Waals surface area contributed by atoms with Crippen LogP contribution >= 0.6 is 0 Å². The van der Waals surface area contributed by atoms with Gasteiger partial charge in [-0.2, -0.15) is 5.10 Å². The van der Waals surface area contributed by atoms with Crippen LogP contribution in [0.2, 0.25) is 0 Å². The number of carbonyl (C=O) groups is 2. The zero-order chi connectivity index (χ0) is 23.1. The van der Waals surface area contributed by atoms with Crippen LogP contribution in [0.3, 0.4) is 0 Å². The Morgan fingerprint density at radius 2 is 1.82 bits per heavy atom. The monoisotopic (exact) mass is 445 g/mol. The first kappa shape index (κ1) is 21.2. The number of nitrogens with zero attached hydrogens (tertiary/aromatic N) is 5. The number of aryl methyl sites for hydroxylation is 1. The Hall–Kier alpha value is -3.68. The molecule has 1 spiro atoms. The summed E-state index contributed by atoms with van der Waals surface area (Å²) in [4.78, 5) is 34.3. The van der Waals surface area contributed by atoms with Crippen molar-refractivity contribution in [3.8, 4) is 0 Å². The highest BCUT2D eigenvalue weighted by molar-refractivity contribution is 5.92. The number of hydrogen-bond donors (Lipinski definition) is 0. The predicted molar refractivity (Wildman–Crippen MR) is 121 cm³/mol. The molecule has 2 aliphatic rings. The van der Waals surface area contributed by atoms with E-state index in [0.29, 0.717) is 38.2 Å². The van der Waals surface area contributed by atoms with Crippen LogP contribution in [-0.2, 0) is 23.9 Å². The van der Waals surface area contributed by atoms with Gasteiger partial charge in [0.25, 0.3) is 5.91 Å². The summed E-state index contributed by atoms with van der Waals surface area (Å²) < 4.78 is 7.78. The highest BCUT2D eigenvalue weighted by atomic mass is 16.6. The molecule has 1 unspecified atom stereocenters. The lowest BCUT2D eigenvalue weighted by Gasteiger charge is -2.48. The van der Waals surface area contributed by atoms with Crippen LogP contribution in [0.15, 0.2) is 67.1 Å². The SMILES string of the molecule is Cn1nccc1C(=O)N1CCC2(CC1)OC(=O)N(Cc1ccccc1)C2(C)c1cccnc1. The molecule has 0 bridgehead atoms. The van der Waals surface area contributed by atoms with Crippen LogP contribution in [0.4, 0.5) is 4.79 Å². The number of piperidine rings is 1. The number of benzene rings is 1. The summed E-state index contributed by atoms with van der Waals surface area (Å²) in [5.74, 6) is -0.0570. The summed E-state index contributed by atoms with van der Waals surface area (Å²) in [6, 6.07) is 15.5. The average molecular weight is 446 g/mol. The maximum absolute atomic E-state index is 13.3. The van der Waals surface area contributed by atoms with Crippen LogP contribution in [0, 0.1) is 0 Å². The Labute approximate surface area is 192 Å². The lowest BCUT2D eigenvalue weighted by molar-refractivity contribution is -0.0553. The molecule has 2 aromatic heterocycles. The van der Waals surface area contributed by atoms with Crippen molar-refractivity contribution in [2.75, 3.05) is 13.1 Å². The average Bonchev–Trinajstić information content (AvgIpc) is 3.36. The molecule has 4 heterocycles. The molecule has 8 nitrogen and oxygen atoms in total. The van der Waals surface area contributed by atoms with Gasteiger partial charge in [-0.3, -0.25) is 19.4 Å². The van der Waals surface area contributed by atoms with E-state index in [-0.39, 0.29) is 12.0 Å². The quantitative estimate of drug-likeness (QED) is 0.615. The number of aromatic nitrogens is 3. The molecule has 1 aromatic carbocycles. The van der Waals surface area contributed by atoms with Gasteiger partial charge in [0, 0.05) is 51.6 Å². The predicted octanol–water partition coefficient (Wildman–Crippen LogP) is 3.36. The topological polar surface area (TPSA) is 80.6 Å². The standard InChI is InChI=1S/C25H27N5O3/c1-24(20-9-6-13-26-17-20)25(33-23(32)30(24)18-19-7-4-3-5-8-19)11-15-29(16-12-25)22(31)21-10-14-27-28(21)2/h3-10,13-14,17H,11-12,15-16,18H2,1-2H3.